The van der Waals surface area contributed by atoms with Gasteiger partial charge in [0, 0.05) is 6.16 Å². The van der Waals surface area contributed by atoms with Gasteiger partial charge >= 0.3 is 16.5 Å². The molecule has 0 aliphatic heterocycles. The Morgan fingerprint density at radius 2 is 1.11 bits per heavy atom. The Morgan fingerprint density at radius 1 is 0.686 bits per heavy atom. The van der Waals surface area contributed by atoms with Crippen molar-refractivity contribution in [2.45, 2.75) is 47.7 Å². The van der Waals surface area contributed by atoms with Gasteiger partial charge in [-0.25, -0.2) is 0 Å². The minimum absolute atomic E-state index is 0. The fraction of sp³-hybridized carbons (Fsp3) is 0.355. The first-order chi connectivity index (χ1) is 15.9. The molecule has 0 atom stereocenters. The van der Waals surface area contributed by atoms with Crippen LogP contribution in [0.3, 0.4) is 0 Å². The number of rotatable bonds is 8. The van der Waals surface area contributed by atoms with Crippen LogP contribution in [0.2, 0.25) is 0 Å². The SMILES string of the molecule is CC(C)(C)[C]=Cc1ccccc1CP(c1ccccc1)c1ccccc1.CCP(CC)CC.[Br-].[Ni+2]. The molecule has 0 fully saturated rings. The summed E-state index contributed by atoms with van der Waals surface area (Å²) in [7, 11) is 0.0160. The van der Waals surface area contributed by atoms with Crippen LogP contribution in [0, 0.1) is 11.5 Å². The van der Waals surface area contributed by atoms with E-state index in [2.05, 4.69) is 139 Å². The molecule has 191 valence electrons. The summed E-state index contributed by atoms with van der Waals surface area (Å²) < 4.78 is 0. The molecular weight excluding hydrogens is 573 g/mol. The van der Waals surface area contributed by atoms with Gasteiger partial charge in [0.25, 0.3) is 0 Å². The maximum Gasteiger partial charge on any atom is 2.00 e. The summed E-state index contributed by atoms with van der Waals surface area (Å²) in [6.07, 6.45) is 11.0. The monoisotopic (exact) mass is 612 g/mol. The van der Waals surface area contributed by atoms with Crippen molar-refractivity contribution in [1.29, 1.82) is 0 Å². The van der Waals surface area contributed by atoms with Crippen molar-refractivity contribution >= 4 is 32.5 Å². The molecule has 0 aliphatic rings. The molecule has 0 nitrogen and oxygen atoms in total. The predicted molar refractivity (Wildman–Crippen MR) is 155 cm³/mol. The standard InChI is InChI=1S/C25H26P.C6H15P.BrH.Ni/c1-25(2,3)19-18-21-12-10-11-13-22(21)20-26(23-14-6-4-7-15-23)24-16-8-5-9-17-24;1-4-7(5-2)6-3;;/h4-18H,20H2,1-3H3;4-6H2,1-3H3;1H;/q;;;+2/p-1. The fourth-order valence-corrected chi connectivity index (χ4v) is 7.20. The molecule has 0 saturated carbocycles. The summed E-state index contributed by atoms with van der Waals surface area (Å²) in [5, 5.41) is 2.85. The van der Waals surface area contributed by atoms with E-state index in [-0.39, 0.29) is 38.9 Å². The molecule has 1 radical (unpaired) electrons. The van der Waals surface area contributed by atoms with Crippen molar-refractivity contribution in [3.63, 3.8) is 0 Å². The first-order valence-corrected chi connectivity index (χ1v) is 15.6. The van der Waals surface area contributed by atoms with Crippen molar-refractivity contribution in [3.05, 3.63) is 102 Å². The largest absolute Gasteiger partial charge is 2.00 e. The number of halogens is 1. The summed E-state index contributed by atoms with van der Waals surface area (Å²) in [5.41, 5.74) is 2.74. The van der Waals surface area contributed by atoms with Crippen LogP contribution in [-0.4, -0.2) is 18.5 Å². The van der Waals surface area contributed by atoms with E-state index in [0.29, 0.717) is 7.92 Å². The molecule has 0 N–H and O–H groups in total. The zero-order chi connectivity index (χ0) is 24.1. The number of benzene rings is 3. The maximum absolute atomic E-state index is 3.51. The quantitative estimate of drug-likeness (QED) is 0.226. The van der Waals surface area contributed by atoms with Gasteiger partial charge in [0.15, 0.2) is 0 Å². The molecule has 4 heteroatoms. The fourth-order valence-electron chi connectivity index (χ4n) is 3.50. The molecule has 0 spiro atoms. The van der Waals surface area contributed by atoms with Crippen molar-refractivity contribution in [1.82, 2.24) is 0 Å². The average molecular weight is 614 g/mol. The van der Waals surface area contributed by atoms with E-state index in [0.717, 1.165) is 6.16 Å². The smallest absolute Gasteiger partial charge is 1.00 e. The van der Waals surface area contributed by atoms with Crippen LogP contribution in [0.4, 0.5) is 0 Å². The Balaban J connectivity index is 0.00000113. The van der Waals surface area contributed by atoms with Crippen LogP contribution < -0.4 is 27.6 Å². The molecular formula is C31H41BrNiP2+. The second-order valence-electron chi connectivity index (χ2n) is 9.11. The van der Waals surface area contributed by atoms with Crippen LogP contribution in [0.1, 0.15) is 52.7 Å². The maximum atomic E-state index is 3.51. The molecule has 3 aromatic rings. The van der Waals surface area contributed by atoms with Gasteiger partial charge in [-0.3, -0.25) is 0 Å². The van der Waals surface area contributed by atoms with Crippen molar-refractivity contribution in [2.24, 2.45) is 5.41 Å². The molecule has 0 amide bonds. The van der Waals surface area contributed by atoms with Gasteiger partial charge in [0.05, 0.1) is 0 Å². The zero-order valence-corrected chi connectivity index (χ0v) is 26.4. The summed E-state index contributed by atoms with van der Waals surface area (Å²) in [5.74, 6) is 0. The Bertz CT molecular complexity index is 903. The molecule has 0 aromatic heterocycles. The second kappa shape index (κ2) is 18.5. The Morgan fingerprint density at radius 3 is 1.51 bits per heavy atom. The van der Waals surface area contributed by atoms with Gasteiger partial charge in [0.2, 0.25) is 0 Å². The van der Waals surface area contributed by atoms with E-state index in [1.807, 2.05) is 0 Å². The number of hydrogen-bond acceptors (Lipinski definition) is 0. The molecule has 3 rings (SSSR count). The van der Waals surface area contributed by atoms with E-state index < -0.39 is 7.92 Å². The van der Waals surface area contributed by atoms with Gasteiger partial charge in [-0.2, -0.15) is 0 Å². The number of hydrogen-bond donors (Lipinski definition) is 0. The first kappa shape index (κ1) is 34.2. The molecule has 0 bridgehead atoms. The topological polar surface area (TPSA) is 0 Å². The van der Waals surface area contributed by atoms with E-state index in [9.17, 15) is 0 Å². The van der Waals surface area contributed by atoms with Crippen LogP contribution in [0.25, 0.3) is 6.08 Å². The van der Waals surface area contributed by atoms with E-state index in [1.54, 1.807) is 0 Å². The number of allylic oxidation sites excluding steroid dienone is 1. The predicted octanol–water partition coefficient (Wildman–Crippen LogP) is 5.71. The second-order valence-corrected chi connectivity index (χ2v) is 14.6. The molecule has 0 unspecified atom stereocenters. The third-order valence-electron chi connectivity index (χ3n) is 5.52. The third-order valence-corrected chi connectivity index (χ3v) is 10.7. The van der Waals surface area contributed by atoms with E-state index in [1.165, 1.54) is 40.2 Å². The summed E-state index contributed by atoms with van der Waals surface area (Å²) >= 11 is 0. The van der Waals surface area contributed by atoms with Crippen LogP contribution in [0.15, 0.2) is 84.9 Å². The van der Waals surface area contributed by atoms with Gasteiger partial charge in [0.1, 0.15) is 0 Å². The Labute approximate surface area is 238 Å². The normalized spacial score (nSPS) is 11.0. The molecule has 0 heterocycles. The van der Waals surface area contributed by atoms with Gasteiger partial charge < -0.3 is 17.0 Å². The minimum Gasteiger partial charge on any atom is -1.00 e. The van der Waals surface area contributed by atoms with E-state index in [4.69, 9.17) is 0 Å². The van der Waals surface area contributed by atoms with E-state index >= 15 is 0 Å². The Kier molecular flexibility index (Phi) is 18.1. The zero-order valence-electron chi connectivity index (χ0n) is 22.1. The molecule has 3 aromatic carbocycles. The van der Waals surface area contributed by atoms with Crippen LogP contribution in [-0.2, 0) is 22.7 Å². The van der Waals surface area contributed by atoms with Gasteiger partial charge in [-0.1, -0.05) is 133 Å². The van der Waals surface area contributed by atoms with Crippen molar-refractivity contribution in [3.8, 4) is 0 Å². The molecule has 0 aliphatic carbocycles. The van der Waals surface area contributed by atoms with Crippen molar-refractivity contribution in [2.75, 3.05) is 18.5 Å². The molecule has 35 heavy (non-hydrogen) atoms. The average Bonchev–Trinajstić information content (AvgIpc) is 2.84. The summed E-state index contributed by atoms with van der Waals surface area (Å²) in [6, 6.07) is 30.6. The van der Waals surface area contributed by atoms with Crippen molar-refractivity contribution < 1.29 is 33.5 Å². The van der Waals surface area contributed by atoms with Gasteiger partial charge in [-0.15, -0.1) is 7.92 Å². The Hall–Kier alpha value is -0.766. The first-order valence-electron chi connectivity index (χ1n) is 12.2. The third kappa shape index (κ3) is 12.8. The van der Waals surface area contributed by atoms with Gasteiger partial charge in [-0.05, 0) is 59.6 Å². The van der Waals surface area contributed by atoms with Crippen LogP contribution in [0.5, 0.6) is 0 Å². The van der Waals surface area contributed by atoms with Crippen LogP contribution >= 0.6 is 15.8 Å². The minimum atomic E-state index is -0.430. The summed E-state index contributed by atoms with van der Waals surface area (Å²) in [4.78, 5) is 0. The summed E-state index contributed by atoms with van der Waals surface area (Å²) in [6.45, 7) is 13.4. The molecule has 0 saturated heterocycles.